The maximum Gasteiger partial charge on any atom is 0.326 e. The van der Waals surface area contributed by atoms with E-state index < -0.39 is 11.9 Å². The van der Waals surface area contributed by atoms with Gasteiger partial charge in [-0.05, 0) is 25.5 Å². The van der Waals surface area contributed by atoms with Crippen molar-refractivity contribution in [1.82, 2.24) is 10.2 Å². The van der Waals surface area contributed by atoms with Gasteiger partial charge in [0.15, 0.2) is 6.61 Å². The first-order valence-electron chi connectivity index (χ1n) is 8.24. The fraction of sp³-hybridized carbons (Fsp3) is 0.389. The molecule has 2 aromatic rings. The minimum Gasteiger partial charge on any atom is -0.459 e. The molecule has 0 bridgehead atoms. The van der Waals surface area contributed by atoms with Crippen LogP contribution in [0.2, 0.25) is 0 Å². The lowest BCUT2D eigenvalue weighted by Gasteiger charge is -2.15. The molecule has 25 heavy (non-hydrogen) atoms. The van der Waals surface area contributed by atoms with E-state index in [0.29, 0.717) is 18.7 Å². The number of carbonyl (C=O) groups is 3. The maximum absolute atomic E-state index is 11.9. The number of ether oxygens (including phenoxy) is 1. The fourth-order valence-electron chi connectivity index (χ4n) is 2.79. The van der Waals surface area contributed by atoms with Gasteiger partial charge in [0.1, 0.15) is 17.9 Å². The lowest BCUT2D eigenvalue weighted by Crippen LogP contribution is -2.35. The summed E-state index contributed by atoms with van der Waals surface area (Å²) in [4.78, 5) is 36.5. The number of furan rings is 1. The van der Waals surface area contributed by atoms with Gasteiger partial charge in [0, 0.05) is 18.4 Å². The summed E-state index contributed by atoms with van der Waals surface area (Å²) < 4.78 is 10.6. The Morgan fingerprint density at radius 1 is 1.36 bits per heavy atom. The Morgan fingerprint density at radius 2 is 2.16 bits per heavy atom. The molecule has 1 aromatic heterocycles. The first-order valence-corrected chi connectivity index (χ1v) is 8.24. The van der Waals surface area contributed by atoms with Crippen molar-refractivity contribution in [3.8, 4) is 0 Å². The van der Waals surface area contributed by atoms with Crippen LogP contribution in [0.25, 0.3) is 11.0 Å². The number of rotatable bonds is 6. The zero-order valence-corrected chi connectivity index (χ0v) is 14.0. The molecule has 7 nitrogen and oxygen atoms in total. The first kappa shape index (κ1) is 17.0. The number of fused-ring (bicyclic) bond motifs is 1. The molecule has 1 fully saturated rings. The SMILES string of the molecule is C[C@@H](NC(=O)COC(=O)CN1CCCC1=O)c1cc2ccccc2o1. The van der Waals surface area contributed by atoms with E-state index in [1.54, 1.807) is 6.92 Å². The van der Waals surface area contributed by atoms with Crippen molar-refractivity contribution in [3.63, 3.8) is 0 Å². The van der Waals surface area contributed by atoms with Gasteiger partial charge in [-0.2, -0.15) is 0 Å². The first-order chi connectivity index (χ1) is 12.0. The Morgan fingerprint density at radius 3 is 2.88 bits per heavy atom. The van der Waals surface area contributed by atoms with Crippen LogP contribution in [-0.4, -0.2) is 42.4 Å². The third-order valence-corrected chi connectivity index (χ3v) is 4.10. The highest BCUT2D eigenvalue weighted by Gasteiger charge is 2.23. The van der Waals surface area contributed by atoms with Gasteiger partial charge in [0.25, 0.3) is 5.91 Å². The lowest BCUT2D eigenvalue weighted by molar-refractivity contribution is -0.151. The Hall–Kier alpha value is -2.83. The van der Waals surface area contributed by atoms with Crippen molar-refractivity contribution in [2.45, 2.75) is 25.8 Å². The Labute approximate surface area is 144 Å². The predicted molar refractivity (Wildman–Crippen MR) is 89.5 cm³/mol. The Kier molecular flexibility index (Phi) is 5.02. The molecule has 1 aliphatic heterocycles. The molecule has 1 atom stereocenters. The van der Waals surface area contributed by atoms with Crippen molar-refractivity contribution in [2.75, 3.05) is 19.7 Å². The largest absolute Gasteiger partial charge is 0.459 e. The molecule has 132 valence electrons. The minimum absolute atomic E-state index is 0.0556. The van der Waals surface area contributed by atoms with Gasteiger partial charge >= 0.3 is 5.97 Å². The summed E-state index contributed by atoms with van der Waals surface area (Å²) in [6.07, 6.45) is 1.21. The van der Waals surface area contributed by atoms with Crippen LogP contribution >= 0.6 is 0 Å². The highest BCUT2D eigenvalue weighted by Crippen LogP contribution is 2.23. The Bertz CT molecular complexity index is 765. The molecule has 1 aliphatic rings. The average Bonchev–Trinajstić information content (AvgIpc) is 3.19. The van der Waals surface area contributed by atoms with E-state index in [1.165, 1.54) is 4.90 Å². The second-order valence-corrected chi connectivity index (χ2v) is 6.06. The molecule has 7 heteroatoms. The number of carbonyl (C=O) groups excluding carboxylic acids is 3. The molecule has 1 N–H and O–H groups in total. The molecule has 3 rings (SSSR count). The van der Waals surface area contributed by atoms with Gasteiger partial charge in [0.2, 0.25) is 5.91 Å². The number of esters is 1. The van der Waals surface area contributed by atoms with Gasteiger partial charge in [0.05, 0.1) is 6.04 Å². The van der Waals surface area contributed by atoms with E-state index in [0.717, 1.165) is 17.4 Å². The number of nitrogens with zero attached hydrogens (tertiary/aromatic N) is 1. The standard InChI is InChI=1S/C18H20N2O5/c1-12(15-9-13-5-2-3-6-14(13)25-15)19-16(21)11-24-18(23)10-20-8-4-7-17(20)22/h2-3,5-6,9,12H,4,7-8,10-11H2,1H3,(H,19,21)/t12-/m1/s1. The van der Waals surface area contributed by atoms with Crippen LogP contribution in [0.15, 0.2) is 34.7 Å². The summed E-state index contributed by atoms with van der Waals surface area (Å²) in [7, 11) is 0. The number of hydrogen-bond donors (Lipinski definition) is 1. The quantitative estimate of drug-likeness (QED) is 0.807. The van der Waals surface area contributed by atoms with Gasteiger partial charge in [-0.15, -0.1) is 0 Å². The summed E-state index contributed by atoms with van der Waals surface area (Å²) in [6.45, 7) is 1.86. The van der Waals surface area contributed by atoms with Crippen molar-refractivity contribution < 1.29 is 23.5 Å². The number of likely N-dealkylation sites (tertiary alicyclic amines) is 1. The van der Waals surface area contributed by atoms with E-state index in [1.807, 2.05) is 30.3 Å². The molecular weight excluding hydrogens is 324 g/mol. The van der Waals surface area contributed by atoms with Gasteiger partial charge < -0.3 is 19.4 Å². The highest BCUT2D eigenvalue weighted by atomic mass is 16.5. The van der Waals surface area contributed by atoms with Crippen molar-refractivity contribution in [1.29, 1.82) is 0 Å². The van der Waals surface area contributed by atoms with Crippen molar-refractivity contribution >= 4 is 28.8 Å². The number of nitrogens with one attached hydrogen (secondary N) is 1. The molecule has 0 spiro atoms. The molecule has 0 unspecified atom stereocenters. The summed E-state index contributed by atoms with van der Waals surface area (Å²) in [5, 5.41) is 3.68. The van der Waals surface area contributed by atoms with Crippen LogP contribution in [0.5, 0.6) is 0 Å². The molecule has 2 amide bonds. The predicted octanol–water partition coefficient (Wildman–Crippen LogP) is 1.78. The van der Waals surface area contributed by atoms with Crippen LogP contribution in [0, 0.1) is 0 Å². The summed E-state index contributed by atoms with van der Waals surface area (Å²) >= 11 is 0. The zero-order chi connectivity index (χ0) is 17.8. The van der Waals surface area contributed by atoms with Crippen LogP contribution in [0.1, 0.15) is 31.6 Å². The third-order valence-electron chi connectivity index (χ3n) is 4.10. The van der Waals surface area contributed by atoms with Crippen LogP contribution in [-0.2, 0) is 19.1 Å². The molecular formula is C18H20N2O5. The number of amides is 2. The molecule has 0 aliphatic carbocycles. The second kappa shape index (κ2) is 7.38. The molecule has 0 radical (unpaired) electrons. The van der Waals surface area contributed by atoms with Gasteiger partial charge in [-0.25, -0.2) is 0 Å². The topological polar surface area (TPSA) is 88.9 Å². The monoisotopic (exact) mass is 344 g/mol. The summed E-state index contributed by atoms with van der Waals surface area (Å²) in [5.74, 6) is -0.431. The van der Waals surface area contributed by atoms with Crippen LogP contribution in [0.4, 0.5) is 0 Å². The van der Waals surface area contributed by atoms with E-state index in [4.69, 9.17) is 9.15 Å². The van der Waals surface area contributed by atoms with E-state index in [-0.39, 0.29) is 25.1 Å². The molecule has 1 aromatic carbocycles. The van der Waals surface area contributed by atoms with Gasteiger partial charge in [-0.1, -0.05) is 18.2 Å². The smallest absolute Gasteiger partial charge is 0.326 e. The second-order valence-electron chi connectivity index (χ2n) is 6.06. The van der Waals surface area contributed by atoms with Gasteiger partial charge in [-0.3, -0.25) is 14.4 Å². The number of benzene rings is 1. The molecule has 1 saturated heterocycles. The van der Waals surface area contributed by atoms with E-state index in [2.05, 4.69) is 5.32 Å². The average molecular weight is 344 g/mol. The Balaban J connectivity index is 1.46. The minimum atomic E-state index is -0.582. The van der Waals surface area contributed by atoms with E-state index >= 15 is 0 Å². The van der Waals surface area contributed by atoms with Crippen LogP contribution in [0.3, 0.4) is 0 Å². The number of hydrogen-bond acceptors (Lipinski definition) is 5. The van der Waals surface area contributed by atoms with Crippen LogP contribution < -0.4 is 5.32 Å². The highest BCUT2D eigenvalue weighted by molar-refractivity contribution is 5.85. The maximum atomic E-state index is 11.9. The molecule has 0 saturated carbocycles. The van der Waals surface area contributed by atoms with Crippen molar-refractivity contribution in [3.05, 3.63) is 36.1 Å². The summed E-state index contributed by atoms with van der Waals surface area (Å²) in [5.41, 5.74) is 0.750. The number of para-hydroxylation sites is 1. The van der Waals surface area contributed by atoms with Crippen molar-refractivity contribution in [2.24, 2.45) is 0 Å². The van der Waals surface area contributed by atoms with E-state index in [9.17, 15) is 14.4 Å². The summed E-state index contributed by atoms with van der Waals surface area (Å²) in [6, 6.07) is 9.09. The normalized spacial score (nSPS) is 15.4. The molecule has 2 heterocycles. The zero-order valence-electron chi connectivity index (χ0n) is 14.0. The lowest BCUT2D eigenvalue weighted by atomic mass is 10.2. The third kappa shape index (κ3) is 4.17. The fourth-order valence-corrected chi connectivity index (χ4v) is 2.79.